The van der Waals surface area contributed by atoms with Gasteiger partial charge in [-0.05, 0) is 60.9 Å². The first kappa shape index (κ1) is 26.0. The monoisotopic (exact) mass is 505 g/mol. The van der Waals surface area contributed by atoms with Crippen molar-refractivity contribution < 1.29 is 23.9 Å². The van der Waals surface area contributed by atoms with Crippen molar-refractivity contribution in [2.75, 3.05) is 11.9 Å². The summed E-state index contributed by atoms with van der Waals surface area (Å²) in [6.07, 6.45) is 2.73. The smallest absolute Gasteiger partial charge is 0.339 e. The molecule has 3 rings (SSSR count). The summed E-state index contributed by atoms with van der Waals surface area (Å²) in [6.45, 7) is 5.90. The molecule has 0 unspecified atom stereocenters. The molecule has 1 N–H and O–H groups in total. The normalized spacial score (nSPS) is 20.0. The van der Waals surface area contributed by atoms with Gasteiger partial charge in [0.05, 0.1) is 21.2 Å². The van der Waals surface area contributed by atoms with Crippen molar-refractivity contribution in [1.82, 2.24) is 0 Å². The van der Waals surface area contributed by atoms with Crippen LogP contribution in [0.15, 0.2) is 42.5 Å². The highest BCUT2D eigenvalue weighted by Crippen LogP contribution is 2.36. The largest absolute Gasteiger partial charge is 0.458 e. The standard InChI is InChI=1S/C26H29Cl2NO5/c1-15(2)18-10-8-16(3)12-23(18)34-26(32)20-7-5-4-6-19(20)25(31)33-14-24(30)29-17-9-11-21(27)22(28)13-17/h4-7,9,11,13,15-16,18,23H,8,10,12,14H2,1-3H3,(H,29,30)/t16-,18-,23+/m1/s1. The highest BCUT2D eigenvalue weighted by atomic mass is 35.5. The van der Waals surface area contributed by atoms with Gasteiger partial charge in [0.2, 0.25) is 0 Å². The molecule has 1 aliphatic rings. The van der Waals surface area contributed by atoms with Crippen LogP contribution in [-0.2, 0) is 14.3 Å². The van der Waals surface area contributed by atoms with Gasteiger partial charge in [0.1, 0.15) is 6.10 Å². The summed E-state index contributed by atoms with van der Waals surface area (Å²) in [4.78, 5) is 37.9. The second-order valence-corrected chi connectivity index (χ2v) is 9.88. The fourth-order valence-electron chi connectivity index (χ4n) is 4.27. The molecule has 34 heavy (non-hydrogen) atoms. The summed E-state index contributed by atoms with van der Waals surface area (Å²) in [6, 6.07) is 10.9. The Morgan fingerprint density at radius 1 is 1.00 bits per heavy atom. The predicted molar refractivity (Wildman–Crippen MR) is 132 cm³/mol. The molecular formula is C26H29Cl2NO5. The molecule has 0 heterocycles. The van der Waals surface area contributed by atoms with Gasteiger partial charge in [-0.1, -0.05) is 62.5 Å². The van der Waals surface area contributed by atoms with Gasteiger partial charge in [-0.2, -0.15) is 0 Å². The maximum atomic E-state index is 13.0. The van der Waals surface area contributed by atoms with Crippen LogP contribution < -0.4 is 5.32 Å². The molecule has 0 spiro atoms. The van der Waals surface area contributed by atoms with Crippen molar-refractivity contribution >= 4 is 46.7 Å². The van der Waals surface area contributed by atoms with Gasteiger partial charge in [0.15, 0.2) is 6.61 Å². The van der Waals surface area contributed by atoms with E-state index >= 15 is 0 Å². The number of benzene rings is 2. The Hall–Kier alpha value is -2.57. The number of nitrogens with one attached hydrogen (secondary N) is 1. The topological polar surface area (TPSA) is 81.7 Å². The van der Waals surface area contributed by atoms with E-state index in [2.05, 4.69) is 26.1 Å². The first-order valence-electron chi connectivity index (χ1n) is 11.4. The van der Waals surface area contributed by atoms with Gasteiger partial charge in [-0.15, -0.1) is 0 Å². The van der Waals surface area contributed by atoms with Gasteiger partial charge in [-0.3, -0.25) is 4.79 Å². The molecule has 0 bridgehead atoms. The Bertz CT molecular complexity index is 1060. The van der Waals surface area contributed by atoms with Crippen molar-refractivity contribution in [3.63, 3.8) is 0 Å². The Labute approximate surface area is 209 Å². The number of anilines is 1. The minimum Gasteiger partial charge on any atom is -0.458 e. The number of hydrogen-bond acceptors (Lipinski definition) is 5. The zero-order valence-corrected chi connectivity index (χ0v) is 21.0. The van der Waals surface area contributed by atoms with Crippen molar-refractivity contribution in [2.45, 2.75) is 46.1 Å². The fraction of sp³-hybridized carbons (Fsp3) is 0.423. The average molecular weight is 506 g/mol. The van der Waals surface area contributed by atoms with Crippen molar-refractivity contribution in [2.24, 2.45) is 17.8 Å². The van der Waals surface area contributed by atoms with Crippen molar-refractivity contribution in [3.8, 4) is 0 Å². The third-order valence-corrected chi connectivity index (χ3v) is 6.86. The molecule has 1 amide bonds. The van der Waals surface area contributed by atoms with E-state index in [1.165, 1.54) is 18.2 Å². The van der Waals surface area contributed by atoms with E-state index in [0.717, 1.165) is 19.3 Å². The Kier molecular flexibility index (Phi) is 8.97. The first-order chi connectivity index (χ1) is 16.2. The number of esters is 2. The van der Waals surface area contributed by atoms with Crippen LogP contribution in [0.3, 0.4) is 0 Å². The minimum absolute atomic E-state index is 0.0554. The fourth-order valence-corrected chi connectivity index (χ4v) is 4.57. The summed E-state index contributed by atoms with van der Waals surface area (Å²) < 4.78 is 11.0. The number of rotatable bonds is 7. The molecule has 0 aliphatic heterocycles. The summed E-state index contributed by atoms with van der Waals surface area (Å²) in [5, 5.41) is 3.22. The zero-order valence-electron chi connectivity index (χ0n) is 19.5. The molecule has 8 heteroatoms. The number of carbonyl (C=O) groups excluding carboxylic acids is 3. The van der Waals surface area contributed by atoms with Gasteiger partial charge in [0.25, 0.3) is 5.91 Å². The van der Waals surface area contributed by atoms with Crippen LogP contribution in [0, 0.1) is 17.8 Å². The van der Waals surface area contributed by atoms with Gasteiger partial charge >= 0.3 is 11.9 Å². The van der Waals surface area contributed by atoms with Crippen LogP contribution in [0.4, 0.5) is 5.69 Å². The second kappa shape index (κ2) is 11.7. The molecule has 0 saturated heterocycles. The van der Waals surface area contributed by atoms with Crippen molar-refractivity contribution in [1.29, 1.82) is 0 Å². The molecular weight excluding hydrogens is 477 g/mol. The van der Waals surface area contributed by atoms with Gasteiger partial charge in [0, 0.05) is 5.69 Å². The molecule has 2 aromatic carbocycles. The van der Waals surface area contributed by atoms with E-state index in [1.807, 2.05) is 0 Å². The molecule has 2 aromatic rings. The minimum atomic E-state index is -0.783. The second-order valence-electron chi connectivity index (χ2n) is 9.07. The summed E-state index contributed by atoms with van der Waals surface area (Å²) in [5.41, 5.74) is 0.596. The lowest BCUT2D eigenvalue weighted by atomic mass is 9.75. The summed E-state index contributed by atoms with van der Waals surface area (Å²) in [5.74, 6) is -0.750. The maximum Gasteiger partial charge on any atom is 0.339 e. The quantitative estimate of drug-likeness (QED) is 0.439. The number of carbonyl (C=O) groups is 3. The lowest BCUT2D eigenvalue weighted by molar-refractivity contribution is -0.119. The lowest BCUT2D eigenvalue weighted by Gasteiger charge is -2.36. The Balaban J connectivity index is 1.64. The van der Waals surface area contributed by atoms with Gasteiger partial charge in [-0.25, -0.2) is 9.59 Å². The number of hydrogen-bond donors (Lipinski definition) is 1. The molecule has 182 valence electrons. The third kappa shape index (κ3) is 6.73. The molecule has 1 aliphatic carbocycles. The lowest BCUT2D eigenvalue weighted by Crippen LogP contribution is -2.36. The zero-order chi connectivity index (χ0) is 24.8. The summed E-state index contributed by atoms with van der Waals surface area (Å²) >= 11 is 11.8. The van der Waals surface area contributed by atoms with E-state index in [4.69, 9.17) is 32.7 Å². The van der Waals surface area contributed by atoms with E-state index in [0.29, 0.717) is 22.5 Å². The first-order valence-corrected chi connectivity index (χ1v) is 12.1. The predicted octanol–water partition coefficient (Wildman–Crippen LogP) is 6.41. The SMILES string of the molecule is CC(C)[C@H]1CC[C@@H](C)C[C@@H]1OC(=O)c1ccccc1C(=O)OCC(=O)Nc1ccc(Cl)c(Cl)c1. The molecule has 0 radical (unpaired) electrons. The highest BCUT2D eigenvalue weighted by molar-refractivity contribution is 6.42. The Morgan fingerprint density at radius 2 is 1.68 bits per heavy atom. The molecule has 3 atom stereocenters. The van der Waals surface area contributed by atoms with Crippen LogP contribution in [0.2, 0.25) is 10.0 Å². The number of amides is 1. The number of ether oxygens (including phenoxy) is 2. The van der Waals surface area contributed by atoms with E-state index < -0.39 is 24.5 Å². The maximum absolute atomic E-state index is 13.0. The Morgan fingerprint density at radius 3 is 2.32 bits per heavy atom. The van der Waals surface area contributed by atoms with E-state index in [1.54, 1.807) is 24.3 Å². The highest BCUT2D eigenvalue weighted by Gasteiger charge is 2.34. The van der Waals surface area contributed by atoms with Crippen LogP contribution >= 0.6 is 23.2 Å². The third-order valence-electron chi connectivity index (χ3n) is 6.12. The molecule has 1 fully saturated rings. The average Bonchev–Trinajstić information content (AvgIpc) is 2.79. The molecule has 6 nitrogen and oxygen atoms in total. The van der Waals surface area contributed by atoms with E-state index in [9.17, 15) is 14.4 Å². The summed E-state index contributed by atoms with van der Waals surface area (Å²) in [7, 11) is 0. The molecule has 0 aromatic heterocycles. The van der Waals surface area contributed by atoms with Crippen LogP contribution in [0.5, 0.6) is 0 Å². The van der Waals surface area contributed by atoms with Crippen LogP contribution in [0.25, 0.3) is 0 Å². The van der Waals surface area contributed by atoms with Crippen LogP contribution in [0.1, 0.15) is 60.7 Å². The van der Waals surface area contributed by atoms with Crippen molar-refractivity contribution in [3.05, 3.63) is 63.6 Å². The molecule has 1 saturated carbocycles. The number of halogens is 2. The van der Waals surface area contributed by atoms with Crippen LogP contribution in [-0.4, -0.2) is 30.6 Å². The van der Waals surface area contributed by atoms with E-state index in [-0.39, 0.29) is 28.2 Å². The van der Waals surface area contributed by atoms with Gasteiger partial charge < -0.3 is 14.8 Å².